The van der Waals surface area contributed by atoms with Crippen LogP contribution in [0.5, 0.6) is 0 Å². The topological polar surface area (TPSA) is 84.3 Å². The maximum absolute atomic E-state index is 6.24. The summed E-state index contributed by atoms with van der Waals surface area (Å²) < 4.78 is 1.84. The van der Waals surface area contributed by atoms with Crippen LogP contribution in [0.15, 0.2) is 61.2 Å². The lowest BCUT2D eigenvalue weighted by Gasteiger charge is -2.06. The van der Waals surface area contributed by atoms with Gasteiger partial charge in [-0.15, -0.1) is 0 Å². The van der Waals surface area contributed by atoms with Crippen molar-refractivity contribution in [2.24, 2.45) is 7.05 Å². The van der Waals surface area contributed by atoms with Crippen molar-refractivity contribution in [3.63, 3.8) is 0 Å². The van der Waals surface area contributed by atoms with Crippen molar-refractivity contribution < 1.29 is 0 Å². The van der Waals surface area contributed by atoms with E-state index < -0.39 is 0 Å². The Morgan fingerprint density at radius 2 is 1.85 bits per heavy atom. The summed E-state index contributed by atoms with van der Waals surface area (Å²) in [5.41, 5.74) is 5.78. The quantitative estimate of drug-likeness (QED) is 0.316. The van der Waals surface area contributed by atoms with E-state index in [-0.39, 0.29) is 0 Å². The van der Waals surface area contributed by atoms with Crippen molar-refractivity contribution in [2.75, 3.05) is 5.32 Å². The predicted molar refractivity (Wildman–Crippen MR) is 136 cm³/mol. The first-order valence-corrected chi connectivity index (χ1v) is 11.5. The number of fused-ring (bicyclic) bond motifs is 3. The van der Waals surface area contributed by atoms with Crippen LogP contribution in [-0.2, 0) is 20.0 Å². The van der Waals surface area contributed by atoms with Gasteiger partial charge in [0.15, 0.2) is 5.82 Å². The van der Waals surface area contributed by atoms with Gasteiger partial charge in [-0.1, -0.05) is 29.3 Å². The number of nitrogens with zero attached hydrogens (tertiary/aromatic N) is 5. The molecule has 6 aromatic rings. The normalized spacial score (nSPS) is 11.6. The summed E-state index contributed by atoms with van der Waals surface area (Å²) in [5.74, 6) is 0.802. The third-order valence-corrected chi connectivity index (χ3v) is 6.41. The predicted octanol–water partition coefficient (Wildman–Crippen LogP) is 5.90. The van der Waals surface area contributed by atoms with Crippen LogP contribution in [0, 0.1) is 0 Å². The summed E-state index contributed by atoms with van der Waals surface area (Å²) in [5, 5.41) is 12.3. The monoisotopic (exact) mass is 487 g/mol. The maximum Gasteiger partial charge on any atom is 0.156 e. The SMILES string of the molecule is Cn1nc(NCc2cnc3[nH]cc(Cl)c3c2)c2cc(Cc3ccc4ncc(Cl)cc4c3)ncc21. The second kappa shape index (κ2) is 8.27. The van der Waals surface area contributed by atoms with Crippen LogP contribution in [0.1, 0.15) is 16.8 Å². The highest BCUT2D eigenvalue weighted by atomic mass is 35.5. The second-order valence-electron chi connectivity index (χ2n) is 8.25. The number of rotatable bonds is 5. The molecule has 0 aliphatic carbocycles. The average Bonchev–Trinajstić information content (AvgIpc) is 3.36. The molecule has 0 aliphatic heterocycles. The molecule has 0 aliphatic rings. The smallest absolute Gasteiger partial charge is 0.156 e. The number of pyridine rings is 3. The van der Waals surface area contributed by atoms with Crippen molar-refractivity contribution in [1.29, 1.82) is 0 Å². The number of anilines is 1. The molecule has 0 amide bonds. The van der Waals surface area contributed by atoms with Gasteiger partial charge in [0.05, 0.1) is 27.3 Å². The van der Waals surface area contributed by atoms with Crippen LogP contribution in [0.4, 0.5) is 5.82 Å². The van der Waals surface area contributed by atoms with Crippen LogP contribution in [-0.4, -0.2) is 29.7 Å². The van der Waals surface area contributed by atoms with E-state index >= 15 is 0 Å². The number of halogens is 2. The third-order valence-electron chi connectivity index (χ3n) is 5.89. The van der Waals surface area contributed by atoms with Gasteiger partial charge in [0.25, 0.3) is 0 Å². The lowest BCUT2D eigenvalue weighted by molar-refractivity contribution is 0.795. The molecule has 0 fully saturated rings. The van der Waals surface area contributed by atoms with Gasteiger partial charge < -0.3 is 10.3 Å². The molecule has 1 aromatic carbocycles. The molecular formula is C25H19Cl2N7. The molecule has 5 heterocycles. The van der Waals surface area contributed by atoms with Crippen LogP contribution >= 0.6 is 23.2 Å². The van der Waals surface area contributed by atoms with Crippen LogP contribution < -0.4 is 5.32 Å². The van der Waals surface area contributed by atoms with Crippen LogP contribution in [0.25, 0.3) is 32.8 Å². The van der Waals surface area contributed by atoms with Crippen molar-refractivity contribution in [2.45, 2.75) is 13.0 Å². The highest BCUT2D eigenvalue weighted by Crippen LogP contribution is 2.26. The molecule has 0 saturated heterocycles. The molecule has 0 radical (unpaired) electrons. The first-order valence-electron chi connectivity index (χ1n) is 10.7. The molecule has 0 unspecified atom stereocenters. The standard InChI is InChI=1S/C25H19Cl2N7/c1-34-23-13-28-18(5-14-2-3-22-16(4-14)7-17(26)11-29-22)8-20(23)25(33-34)31-10-15-6-19-21(27)12-32-24(19)30-9-15/h2-4,6-9,11-13H,5,10H2,1H3,(H,30,32)(H,31,33). The van der Waals surface area contributed by atoms with E-state index in [4.69, 9.17) is 23.2 Å². The lowest BCUT2D eigenvalue weighted by Crippen LogP contribution is -2.01. The summed E-state index contributed by atoms with van der Waals surface area (Å²) in [6.07, 6.45) is 7.81. The molecule has 6 rings (SSSR count). The number of aryl methyl sites for hydroxylation is 1. The van der Waals surface area contributed by atoms with Crippen molar-refractivity contribution in [3.05, 3.63) is 88.1 Å². The van der Waals surface area contributed by atoms with Gasteiger partial charge in [-0.2, -0.15) is 5.10 Å². The molecule has 7 nitrogen and oxygen atoms in total. The van der Waals surface area contributed by atoms with E-state index in [2.05, 4.69) is 48.6 Å². The van der Waals surface area contributed by atoms with E-state index in [0.29, 0.717) is 23.0 Å². The summed E-state index contributed by atoms with van der Waals surface area (Å²) >= 11 is 12.4. The molecule has 0 saturated carbocycles. The first-order chi connectivity index (χ1) is 16.5. The molecule has 0 atom stereocenters. The first kappa shape index (κ1) is 20.9. The summed E-state index contributed by atoms with van der Waals surface area (Å²) in [4.78, 5) is 16.5. The Kier molecular flexibility index (Phi) is 5.08. The van der Waals surface area contributed by atoms with Gasteiger partial charge in [0, 0.05) is 60.5 Å². The Labute approximate surface area is 204 Å². The molecule has 2 N–H and O–H groups in total. The number of H-pyrrole nitrogens is 1. The van der Waals surface area contributed by atoms with Crippen LogP contribution in [0.3, 0.4) is 0 Å². The number of nitrogens with one attached hydrogen (secondary N) is 2. The second-order valence-corrected chi connectivity index (χ2v) is 9.10. The maximum atomic E-state index is 6.24. The fourth-order valence-corrected chi connectivity index (χ4v) is 4.56. The minimum absolute atomic E-state index is 0.576. The van der Waals surface area contributed by atoms with Gasteiger partial charge in [-0.3, -0.25) is 14.6 Å². The van der Waals surface area contributed by atoms with E-state index in [1.165, 1.54) is 0 Å². The molecule has 168 valence electrons. The number of aromatic nitrogens is 6. The number of aromatic amines is 1. The Balaban J connectivity index is 1.28. The fraction of sp³-hybridized carbons (Fsp3) is 0.120. The fourth-order valence-electron chi connectivity index (χ4n) is 4.19. The zero-order valence-electron chi connectivity index (χ0n) is 18.2. The third kappa shape index (κ3) is 3.83. The summed E-state index contributed by atoms with van der Waals surface area (Å²) in [6.45, 7) is 0.576. The van der Waals surface area contributed by atoms with Gasteiger partial charge in [-0.25, -0.2) is 4.98 Å². The van der Waals surface area contributed by atoms with Crippen molar-refractivity contribution in [1.82, 2.24) is 29.7 Å². The molecule has 5 aromatic heterocycles. The van der Waals surface area contributed by atoms with E-state index in [9.17, 15) is 0 Å². The van der Waals surface area contributed by atoms with Gasteiger partial charge >= 0.3 is 0 Å². The van der Waals surface area contributed by atoms with Crippen molar-refractivity contribution >= 4 is 61.9 Å². The number of hydrogen-bond acceptors (Lipinski definition) is 5. The number of benzene rings is 1. The summed E-state index contributed by atoms with van der Waals surface area (Å²) in [7, 11) is 1.92. The van der Waals surface area contributed by atoms with Gasteiger partial charge in [0.2, 0.25) is 0 Å². The largest absolute Gasteiger partial charge is 0.364 e. The molecular weight excluding hydrogens is 469 g/mol. The van der Waals surface area contributed by atoms with Gasteiger partial charge in [-0.05, 0) is 41.5 Å². The molecule has 0 spiro atoms. The van der Waals surface area contributed by atoms with Crippen LogP contribution in [0.2, 0.25) is 10.0 Å². The minimum Gasteiger partial charge on any atom is -0.364 e. The lowest BCUT2D eigenvalue weighted by atomic mass is 10.1. The Morgan fingerprint density at radius 1 is 0.941 bits per heavy atom. The average molecular weight is 488 g/mol. The molecule has 34 heavy (non-hydrogen) atoms. The Morgan fingerprint density at radius 3 is 2.76 bits per heavy atom. The molecule has 9 heteroatoms. The number of hydrogen-bond donors (Lipinski definition) is 2. The van der Waals surface area contributed by atoms with E-state index in [0.717, 1.165) is 55.5 Å². The van der Waals surface area contributed by atoms with Gasteiger partial charge in [0.1, 0.15) is 5.65 Å². The highest BCUT2D eigenvalue weighted by molar-refractivity contribution is 6.35. The zero-order valence-corrected chi connectivity index (χ0v) is 19.7. The zero-order chi connectivity index (χ0) is 23.2. The Hall–Kier alpha value is -3.68. The van der Waals surface area contributed by atoms with E-state index in [1.54, 1.807) is 12.4 Å². The summed E-state index contributed by atoms with van der Waals surface area (Å²) in [6, 6.07) is 12.3. The van der Waals surface area contributed by atoms with Crippen molar-refractivity contribution in [3.8, 4) is 0 Å². The highest BCUT2D eigenvalue weighted by Gasteiger charge is 2.12. The molecule has 0 bridgehead atoms. The Bertz CT molecular complexity index is 1690. The minimum atomic E-state index is 0.576. The van der Waals surface area contributed by atoms with E-state index in [1.807, 2.05) is 42.3 Å².